The van der Waals surface area contributed by atoms with E-state index in [-0.39, 0.29) is 6.10 Å². The third kappa shape index (κ3) is 4.87. The molecule has 1 atom stereocenters. The van der Waals surface area contributed by atoms with Crippen LogP contribution < -0.4 is 10.1 Å². The van der Waals surface area contributed by atoms with E-state index in [4.69, 9.17) is 16.3 Å². The molecule has 1 aromatic carbocycles. The van der Waals surface area contributed by atoms with E-state index in [0.29, 0.717) is 11.1 Å². The lowest BCUT2D eigenvalue weighted by Crippen LogP contribution is -2.36. The Morgan fingerprint density at radius 1 is 1.28 bits per heavy atom. The van der Waals surface area contributed by atoms with Gasteiger partial charge in [-0.2, -0.15) is 0 Å². The van der Waals surface area contributed by atoms with Gasteiger partial charge in [0.25, 0.3) is 0 Å². The van der Waals surface area contributed by atoms with Gasteiger partial charge in [-0.15, -0.1) is 0 Å². The molecule has 18 heavy (non-hydrogen) atoms. The number of halogens is 1. The second kappa shape index (κ2) is 7.65. The molecule has 0 saturated heterocycles. The average molecular weight is 270 g/mol. The van der Waals surface area contributed by atoms with Crippen LogP contribution in [0.1, 0.15) is 39.2 Å². The van der Waals surface area contributed by atoms with Crippen LogP contribution in [-0.4, -0.2) is 18.7 Å². The van der Waals surface area contributed by atoms with E-state index in [2.05, 4.69) is 26.1 Å². The number of ether oxygens (including phenoxy) is 1. The van der Waals surface area contributed by atoms with Crippen molar-refractivity contribution in [2.24, 2.45) is 0 Å². The Labute approximate surface area is 116 Å². The Hall–Kier alpha value is -0.730. The van der Waals surface area contributed by atoms with E-state index in [0.717, 1.165) is 30.7 Å². The molecule has 0 aliphatic heterocycles. The molecular formula is C15H24ClNO. The standard InChI is InChI=1S/C15H24ClNO/c1-5-13(6-2)17-10-12(4)18-15-9-11(3)7-8-14(15)16/h7-9,12-13,17H,5-6,10H2,1-4H3. The molecule has 0 spiro atoms. The summed E-state index contributed by atoms with van der Waals surface area (Å²) in [6.45, 7) is 9.34. The minimum Gasteiger partial charge on any atom is -0.488 e. The van der Waals surface area contributed by atoms with E-state index < -0.39 is 0 Å². The summed E-state index contributed by atoms with van der Waals surface area (Å²) in [5.74, 6) is 0.774. The number of hydrogen-bond donors (Lipinski definition) is 1. The monoisotopic (exact) mass is 269 g/mol. The first kappa shape index (κ1) is 15.3. The molecule has 102 valence electrons. The van der Waals surface area contributed by atoms with Crippen molar-refractivity contribution in [1.29, 1.82) is 0 Å². The van der Waals surface area contributed by atoms with Crippen LogP contribution in [0.3, 0.4) is 0 Å². The van der Waals surface area contributed by atoms with Crippen molar-refractivity contribution in [3.05, 3.63) is 28.8 Å². The van der Waals surface area contributed by atoms with Gasteiger partial charge < -0.3 is 10.1 Å². The second-order valence-corrected chi connectivity index (χ2v) is 5.19. The third-order valence-electron chi connectivity index (χ3n) is 3.09. The van der Waals surface area contributed by atoms with E-state index in [9.17, 15) is 0 Å². The first-order valence-corrected chi connectivity index (χ1v) is 7.10. The minimum absolute atomic E-state index is 0.116. The summed E-state index contributed by atoms with van der Waals surface area (Å²) in [5, 5.41) is 4.18. The summed E-state index contributed by atoms with van der Waals surface area (Å²) in [4.78, 5) is 0. The molecule has 0 fully saturated rings. The van der Waals surface area contributed by atoms with Crippen LogP contribution in [0, 0.1) is 6.92 Å². The predicted octanol–water partition coefficient (Wildman–Crippen LogP) is 4.19. The van der Waals surface area contributed by atoms with Crippen molar-refractivity contribution in [1.82, 2.24) is 5.32 Å². The van der Waals surface area contributed by atoms with Gasteiger partial charge in [0.15, 0.2) is 0 Å². The normalized spacial score (nSPS) is 12.8. The molecule has 1 aromatic rings. The van der Waals surface area contributed by atoms with E-state index in [1.54, 1.807) is 0 Å². The van der Waals surface area contributed by atoms with Crippen LogP contribution in [0.5, 0.6) is 5.75 Å². The summed E-state index contributed by atoms with van der Waals surface area (Å²) in [7, 11) is 0. The molecule has 0 radical (unpaired) electrons. The van der Waals surface area contributed by atoms with Crippen LogP contribution in [0.25, 0.3) is 0 Å². The van der Waals surface area contributed by atoms with Crippen LogP contribution in [0.4, 0.5) is 0 Å². The third-order valence-corrected chi connectivity index (χ3v) is 3.41. The van der Waals surface area contributed by atoms with E-state index in [1.807, 2.05) is 25.1 Å². The highest BCUT2D eigenvalue weighted by molar-refractivity contribution is 6.32. The smallest absolute Gasteiger partial charge is 0.138 e. The highest BCUT2D eigenvalue weighted by Gasteiger charge is 2.09. The summed E-state index contributed by atoms with van der Waals surface area (Å²) in [5.41, 5.74) is 1.16. The lowest BCUT2D eigenvalue weighted by molar-refractivity contribution is 0.210. The number of benzene rings is 1. The van der Waals surface area contributed by atoms with Crippen molar-refractivity contribution < 1.29 is 4.74 Å². The van der Waals surface area contributed by atoms with Gasteiger partial charge in [-0.05, 0) is 44.4 Å². The maximum absolute atomic E-state index is 6.11. The fourth-order valence-electron chi connectivity index (χ4n) is 1.87. The van der Waals surface area contributed by atoms with Gasteiger partial charge in [-0.1, -0.05) is 31.5 Å². The topological polar surface area (TPSA) is 21.3 Å². The highest BCUT2D eigenvalue weighted by atomic mass is 35.5. The van der Waals surface area contributed by atoms with Crippen molar-refractivity contribution >= 4 is 11.6 Å². The number of aryl methyl sites for hydroxylation is 1. The summed E-state index contributed by atoms with van der Waals surface area (Å²) >= 11 is 6.11. The Morgan fingerprint density at radius 3 is 2.56 bits per heavy atom. The lowest BCUT2D eigenvalue weighted by Gasteiger charge is -2.20. The molecule has 0 aliphatic carbocycles. The zero-order chi connectivity index (χ0) is 13.5. The maximum atomic E-state index is 6.11. The number of rotatable bonds is 7. The lowest BCUT2D eigenvalue weighted by atomic mass is 10.1. The molecule has 0 aromatic heterocycles. The van der Waals surface area contributed by atoms with Gasteiger partial charge in [0.2, 0.25) is 0 Å². The molecule has 0 bridgehead atoms. The molecular weight excluding hydrogens is 246 g/mol. The van der Waals surface area contributed by atoms with Gasteiger partial charge in [0.05, 0.1) is 5.02 Å². The molecule has 0 heterocycles. The maximum Gasteiger partial charge on any atom is 0.138 e. The molecule has 1 unspecified atom stereocenters. The highest BCUT2D eigenvalue weighted by Crippen LogP contribution is 2.26. The van der Waals surface area contributed by atoms with Gasteiger partial charge in [-0.3, -0.25) is 0 Å². The van der Waals surface area contributed by atoms with Crippen molar-refractivity contribution in [2.75, 3.05) is 6.54 Å². The SMILES string of the molecule is CCC(CC)NCC(C)Oc1cc(C)ccc1Cl. The minimum atomic E-state index is 0.116. The van der Waals surface area contributed by atoms with Crippen molar-refractivity contribution in [2.45, 2.75) is 52.7 Å². The van der Waals surface area contributed by atoms with Crippen molar-refractivity contribution in [3.8, 4) is 5.75 Å². The van der Waals surface area contributed by atoms with Crippen LogP contribution in [-0.2, 0) is 0 Å². The molecule has 0 saturated carbocycles. The Morgan fingerprint density at radius 2 is 1.94 bits per heavy atom. The van der Waals surface area contributed by atoms with Gasteiger partial charge in [0.1, 0.15) is 11.9 Å². The molecule has 0 aliphatic rings. The molecule has 1 N–H and O–H groups in total. The van der Waals surface area contributed by atoms with E-state index >= 15 is 0 Å². The van der Waals surface area contributed by atoms with E-state index in [1.165, 1.54) is 0 Å². The van der Waals surface area contributed by atoms with Gasteiger partial charge in [0, 0.05) is 12.6 Å². The van der Waals surface area contributed by atoms with Crippen LogP contribution in [0.2, 0.25) is 5.02 Å². The summed E-state index contributed by atoms with van der Waals surface area (Å²) in [6.07, 6.45) is 2.41. The fraction of sp³-hybridized carbons (Fsp3) is 0.600. The Kier molecular flexibility index (Phi) is 6.51. The predicted molar refractivity (Wildman–Crippen MR) is 78.7 cm³/mol. The zero-order valence-electron chi connectivity index (χ0n) is 11.8. The van der Waals surface area contributed by atoms with Crippen LogP contribution in [0.15, 0.2) is 18.2 Å². The molecule has 3 heteroatoms. The Bertz CT molecular complexity index is 364. The molecule has 2 nitrogen and oxygen atoms in total. The van der Waals surface area contributed by atoms with Gasteiger partial charge in [-0.25, -0.2) is 0 Å². The first-order valence-electron chi connectivity index (χ1n) is 6.73. The number of nitrogens with one attached hydrogen (secondary N) is 1. The number of hydrogen-bond acceptors (Lipinski definition) is 2. The molecule has 1 rings (SSSR count). The Balaban J connectivity index is 2.48. The zero-order valence-corrected chi connectivity index (χ0v) is 12.6. The quantitative estimate of drug-likeness (QED) is 0.801. The fourth-order valence-corrected chi connectivity index (χ4v) is 2.03. The molecule has 0 amide bonds. The second-order valence-electron chi connectivity index (χ2n) is 4.78. The summed E-state index contributed by atoms with van der Waals surface area (Å²) in [6, 6.07) is 6.43. The largest absolute Gasteiger partial charge is 0.488 e. The van der Waals surface area contributed by atoms with Crippen molar-refractivity contribution in [3.63, 3.8) is 0 Å². The van der Waals surface area contributed by atoms with Gasteiger partial charge >= 0.3 is 0 Å². The first-order chi connectivity index (χ1) is 8.56. The average Bonchev–Trinajstić information content (AvgIpc) is 2.35. The summed E-state index contributed by atoms with van der Waals surface area (Å²) < 4.78 is 5.87. The van der Waals surface area contributed by atoms with Crippen LogP contribution >= 0.6 is 11.6 Å².